The largest absolute Gasteiger partial charge is 0.377 e. The Balaban J connectivity index is 1.43. The molecule has 1 aromatic rings. The van der Waals surface area contributed by atoms with E-state index in [4.69, 9.17) is 0 Å². The van der Waals surface area contributed by atoms with Crippen molar-refractivity contribution in [1.29, 1.82) is 0 Å². The van der Waals surface area contributed by atoms with Gasteiger partial charge in [0.15, 0.2) is 5.78 Å². The highest BCUT2D eigenvalue weighted by molar-refractivity contribution is 6.03. The molecule has 0 saturated heterocycles. The van der Waals surface area contributed by atoms with Gasteiger partial charge >= 0.3 is 0 Å². The second-order valence-electron chi connectivity index (χ2n) is 13.1. The Morgan fingerprint density at radius 2 is 1.82 bits per heavy atom. The Morgan fingerprint density at radius 3 is 2.51 bits per heavy atom. The average Bonchev–Trinajstić information content (AvgIpc) is 3.22. The van der Waals surface area contributed by atoms with Crippen molar-refractivity contribution in [3.8, 4) is 11.8 Å². The highest BCUT2D eigenvalue weighted by Crippen LogP contribution is 2.66. The molecular formula is C35H43NO3. The maximum atomic E-state index is 12.6. The van der Waals surface area contributed by atoms with Crippen molar-refractivity contribution in [2.45, 2.75) is 102 Å². The number of rotatable bonds is 4. The van der Waals surface area contributed by atoms with Crippen LogP contribution in [-0.4, -0.2) is 35.9 Å². The van der Waals surface area contributed by atoms with Crippen molar-refractivity contribution in [2.75, 3.05) is 11.9 Å². The third-order valence-electron chi connectivity index (χ3n) is 11.4. The summed E-state index contributed by atoms with van der Waals surface area (Å²) in [5.41, 5.74) is 5.11. The van der Waals surface area contributed by atoms with E-state index in [1.165, 1.54) is 54.5 Å². The number of fused-ring (bicyclic) bond motifs is 4. The van der Waals surface area contributed by atoms with Gasteiger partial charge in [-0.2, -0.15) is 0 Å². The topological polar surface area (TPSA) is 57.6 Å². The van der Waals surface area contributed by atoms with Gasteiger partial charge in [-0.3, -0.25) is 4.79 Å². The van der Waals surface area contributed by atoms with Crippen LogP contribution in [0.25, 0.3) is 0 Å². The molecule has 0 radical (unpaired) electrons. The third kappa shape index (κ3) is 4.24. The molecule has 0 spiro atoms. The van der Waals surface area contributed by atoms with Crippen LogP contribution in [-0.2, 0) is 9.59 Å². The molecule has 39 heavy (non-hydrogen) atoms. The summed E-state index contributed by atoms with van der Waals surface area (Å²) in [4.78, 5) is 26.9. The van der Waals surface area contributed by atoms with Gasteiger partial charge in [-0.25, -0.2) is 0 Å². The molecule has 6 unspecified atom stereocenters. The summed E-state index contributed by atoms with van der Waals surface area (Å²) in [6, 6.07) is 9.78. The van der Waals surface area contributed by atoms with Gasteiger partial charge in [-0.05, 0) is 105 Å². The van der Waals surface area contributed by atoms with E-state index < -0.39 is 11.5 Å². The maximum absolute atomic E-state index is 12.6. The van der Waals surface area contributed by atoms with Crippen LogP contribution in [0.3, 0.4) is 0 Å². The first-order chi connectivity index (χ1) is 18.8. The van der Waals surface area contributed by atoms with E-state index in [1.54, 1.807) is 6.08 Å². The Morgan fingerprint density at radius 1 is 1.08 bits per heavy atom. The first-order valence-electron chi connectivity index (χ1n) is 15.2. The lowest BCUT2D eigenvalue weighted by Gasteiger charge is -2.54. The zero-order valence-electron chi connectivity index (χ0n) is 23.8. The molecule has 1 aromatic carbocycles. The van der Waals surface area contributed by atoms with Crippen molar-refractivity contribution < 1.29 is 14.7 Å². The van der Waals surface area contributed by atoms with E-state index in [2.05, 4.69) is 55.0 Å². The number of aliphatic hydroxyl groups is 1. The molecule has 6 rings (SSSR count). The minimum atomic E-state index is -0.980. The minimum Gasteiger partial charge on any atom is -0.377 e. The molecule has 0 bridgehead atoms. The second-order valence-corrected chi connectivity index (χ2v) is 13.1. The molecule has 6 atom stereocenters. The molecule has 0 aliphatic heterocycles. The number of aldehydes is 1. The van der Waals surface area contributed by atoms with Gasteiger partial charge in [0.25, 0.3) is 0 Å². The summed E-state index contributed by atoms with van der Waals surface area (Å²) in [6.07, 6.45) is 14.0. The van der Waals surface area contributed by atoms with Crippen molar-refractivity contribution in [3.63, 3.8) is 0 Å². The van der Waals surface area contributed by atoms with Gasteiger partial charge < -0.3 is 14.8 Å². The standard InChI is InChI=1S/C35H43NO3/c1-4-17-35(39)18-16-31-28-15-12-24-20-32(38)25(22-37)19-29(24)33(28)30(21-34(31,35)2)23-10-13-27(14-11-23)36(3)26-8-6-5-7-9-26/h10-11,13-14,20,22,25-26,28,30-31,39H,5-9,12,15-16,18-19,21H2,1-3H3. The van der Waals surface area contributed by atoms with Gasteiger partial charge in [0, 0.05) is 30.1 Å². The summed E-state index contributed by atoms with van der Waals surface area (Å²) < 4.78 is 0. The summed E-state index contributed by atoms with van der Waals surface area (Å²) in [7, 11) is 2.23. The van der Waals surface area contributed by atoms with Crippen molar-refractivity contribution in [1.82, 2.24) is 0 Å². The number of hydrogen-bond donors (Lipinski definition) is 1. The van der Waals surface area contributed by atoms with Crippen LogP contribution in [0.1, 0.15) is 96.0 Å². The Bertz CT molecular complexity index is 1270. The summed E-state index contributed by atoms with van der Waals surface area (Å²) in [5, 5.41) is 11.9. The van der Waals surface area contributed by atoms with Gasteiger partial charge in [-0.1, -0.05) is 49.8 Å². The first-order valence-corrected chi connectivity index (χ1v) is 15.2. The lowest BCUT2D eigenvalue weighted by atomic mass is 9.51. The number of allylic oxidation sites excluding steroid dienone is 4. The normalized spacial score (nSPS) is 36.2. The molecule has 3 fully saturated rings. The van der Waals surface area contributed by atoms with E-state index in [9.17, 15) is 14.7 Å². The lowest BCUT2D eigenvalue weighted by Crippen LogP contribution is -2.51. The van der Waals surface area contributed by atoms with E-state index in [-0.39, 0.29) is 17.1 Å². The molecule has 206 valence electrons. The number of benzene rings is 1. The number of ketones is 1. The fraction of sp³-hybridized carbons (Fsp3) is 0.600. The molecule has 0 heterocycles. The number of carbonyl (C=O) groups excluding carboxylic acids is 2. The maximum Gasteiger partial charge on any atom is 0.166 e. The van der Waals surface area contributed by atoms with E-state index >= 15 is 0 Å². The molecule has 4 heteroatoms. The Labute approximate surface area is 233 Å². The SMILES string of the molecule is CC#CC1(O)CCC2C3CCC4=CC(=O)C(C=O)CC4=C3C(c3ccc(N(C)C4CCCCC4)cc3)CC21C. The predicted molar refractivity (Wildman–Crippen MR) is 155 cm³/mol. The van der Waals surface area contributed by atoms with Crippen LogP contribution in [0, 0.1) is 35.0 Å². The fourth-order valence-corrected chi connectivity index (χ4v) is 9.14. The molecule has 5 aliphatic rings. The zero-order chi connectivity index (χ0) is 27.4. The smallest absolute Gasteiger partial charge is 0.166 e. The van der Waals surface area contributed by atoms with Gasteiger partial charge in [-0.15, -0.1) is 5.92 Å². The van der Waals surface area contributed by atoms with Crippen molar-refractivity contribution in [2.24, 2.45) is 23.2 Å². The summed E-state index contributed by atoms with van der Waals surface area (Å²) in [6.45, 7) is 4.11. The Kier molecular flexibility index (Phi) is 6.87. The highest BCUT2D eigenvalue weighted by Gasteiger charge is 2.62. The van der Waals surface area contributed by atoms with Crippen LogP contribution in [0.2, 0.25) is 0 Å². The first kappa shape index (κ1) is 26.6. The van der Waals surface area contributed by atoms with Gasteiger partial charge in [0.1, 0.15) is 11.9 Å². The number of anilines is 1. The summed E-state index contributed by atoms with van der Waals surface area (Å²) >= 11 is 0. The Hall–Kier alpha value is -2.64. The number of hydrogen-bond acceptors (Lipinski definition) is 4. The van der Waals surface area contributed by atoms with E-state index in [1.807, 2.05) is 6.92 Å². The molecule has 0 amide bonds. The molecule has 3 saturated carbocycles. The van der Waals surface area contributed by atoms with Gasteiger partial charge in [0.2, 0.25) is 0 Å². The van der Waals surface area contributed by atoms with Crippen molar-refractivity contribution in [3.05, 3.63) is 52.6 Å². The quantitative estimate of drug-likeness (QED) is 0.276. The van der Waals surface area contributed by atoms with Gasteiger partial charge in [0.05, 0.1) is 5.92 Å². The molecule has 1 N–H and O–H groups in total. The van der Waals surface area contributed by atoms with Crippen LogP contribution in [0.4, 0.5) is 5.69 Å². The minimum absolute atomic E-state index is 0.0384. The highest BCUT2D eigenvalue weighted by atomic mass is 16.3. The van der Waals surface area contributed by atoms with Crippen LogP contribution in [0.5, 0.6) is 0 Å². The molecule has 5 aliphatic carbocycles. The van der Waals surface area contributed by atoms with Crippen LogP contribution in [0.15, 0.2) is 47.1 Å². The van der Waals surface area contributed by atoms with Crippen LogP contribution < -0.4 is 4.90 Å². The summed E-state index contributed by atoms with van der Waals surface area (Å²) in [5.74, 6) is 6.53. The molecular weight excluding hydrogens is 482 g/mol. The van der Waals surface area contributed by atoms with Crippen molar-refractivity contribution >= 4 is 17.8 Å². The lowest BCUT2D eigenvalue weighted by molar-refractivity contribution is -0.124. The van der Waals surface area contributed by atoms with E-state index in [0.717, 1.165) is 37.5 Å². The predicted octanol–water partition coefficient (Wildman–Crippen LogP) is 6.53. The average molecular weight is 526 g/mol. The van der Waals surface area contributed by atoms with Crippen LogP contribution >= 0.6 is 0 Å². The number of nitrogens with zero attached hydrogens (tertiary/aromatic N) is 1. The van der Waals surface area contributed by atoms with E-state index in [0.29, 0.717) is 30.7 Å². The second kappa shape index (κ2) is 10.1. The molecule has 4 nitrogen and oxygen atoms in total. The number of carbonyl (C=O) groups is 2. The third-order valence-corrected chi connectivity index (χ3v) is 11.4. The monoisotopic (exact) mass is 525 g/mol. The fourth-order valence-electron chi connectivity index (χ4n) is 9.14. The zero-order valence-corrected chi connectivity index (χ0v) is 23.8. The molecule has 0 aromatic heterocycles.